The van der Waals surface area contributed by atoms with E-state index in [0.717, 1.165) is 6.42 Å². The molecule has 0 spiro atoms. The van der Waals surface area contributed by atoms with E-state index in [9.17, 15) is 14.4 Å². The number of nitrogens with zero attached hydrogens (tertiary/aromatic N) is 3. The molecule has 2 amide bonds. The molecule has 4 rings (SSSR count). The maximum atomic E-state index is 13.3. The van der Waals surface area contributed by atoms with Crippen LogP contribution in [0.1, 0.15) is 34.1 Å². The van der Waals surface area contributed by atoms with Crippen molar-refractivity contribution in [3.05, 3.63) is 87.6 Å². The second-order valence-electron chi connectivity index (χ2n) is 7.54. The third kappa shape index (κ3) is 4.74. The summed E-state index contributed by atoms with van der Waals surface area (Å²) in [5.74, 6) is -0.958. The summed E-state index contributed by atoms with van der Waals surface area (Å²) >= 11 is 6.28. The highest BCUT2D eigenvalue weighted by molar-refractivity contribution is 6.34. The standard InChI is InChI=1S/C24H21ClN6O3/c1-2-8-31(17-5-3-4-16(26)11-17)24(34)14-6-7-19(25)20(10-14)29-22(32)18-9-15-12-27-13-28-21(15)30-23(18)33/h3-7,9-13H,2,8,26H2,1H3,(H,29,32)(H,27,28,30,33). The fraction of sp³-hybridized carbons (Fsp3) is 0.125. The third-order valence-corrected chi connectivity index (χ3v) is 5.43. The molecule has 34 heavy (non-hydrogen) atoms. The van der Waals surface area contributed by atoms with Gasteiger partial charge in [-0.2, -0.15) is 0 Å². The molecule has 2 aromatic carbocycles. The van der Waals surface area contributed by atoms with E-state index >= 15 is 0 Å². The lowest BCUT2D eigenvalue weighted by molar-refractivity contribution is 0.0984. The average molecular weight is 477 g/mol. The molecule has 0 aliphatic rings. The highest BCUT2D eigenvalue weighted by Gasteiger charge is 2.20. The van der Waals surface area contributed by atoms with Gasteiger partial charge in [0, 0.05) is 35.1 Å². The smallest absolute Gasteiger partial charge is 0.262 e. The van der Waals surface area contributed by atoms with Gasteiger partial charge in [0.1, 0.15) is 17.5 Å². The first-order chi connectivity index (χ1) is 16.4. The van der Waals surface area contributed by atoms with Crippen LogP contribution in [0, 0.1) is 0 Å². The van der Waals surface area contributed by atoms with Crippen molar-refractivity contribution in [2.45, 2.75) is 13.3 Å². The number of aromatic nitrogens is 3. The number of amides is 2. The van der Waals surface area contributed by atoms with E-state index in [1.165, 1.54) is 30.7 Å². The first-order valence-electron chi connectivity index (χ1n) is 10.5. The van der Waals surface area contributed by atoms with E-state index in [1.54, 1.807) is 35.2 Å². The number of carbonyl (C=O) groups is 2. The van der Waals surface area contributed by atoms with Gasteiger partial charge in [-0.3, -0.25) is 14.4 Å². The zero-order valence-electron chi connectivity index (χ0n) is 18.2. The van der Waals surface area contributed by atoms with Gasteiger partial charge in [0.15, 0.2) is 0 Å². The van der Waals surface area contributed by atoms with Gasteiger partial charge in [0.2, 0.25) is 0 Å². The van der Waals surface area contributed by atoms with Crippen molar-refractivity contribution in [2.75, 3.05) is 22.5 Å². The number of halogens is 1. The first kappa shape index (κ1) is 22.9. The predicted octanol–water partition coefficient (Wildman–Crippen LogP) is 3.86. The normalized spacial score (nSPS) is 10.8. The molecule has 4 aromatic rings. The number of anilines is 3. The zero-order valence-corrected chi connectivity index (χ0v) is 19.0. The summed E-state index contributed by atoms with van der Waals surface area (Å²) in [4.78, 5) is 50.6. The number of rotatable bonds is 6. The summed E-state index contributed by atoms with van der Waals surface area (Å²) in [7, 11) is 0. The number of hydrogen-bond acceptors (Lipinski definition) is 6. The summed E-state index contributed by atoms with van der Waals surface area (Å²) in [6.45, 7) is 2.44. The predicted molar refractivity (Wildman–Crippen MR) is 132 cm³/mol. The molecule has 0 unspecified atom stereocenters. The van der Waals surface area contributed by atoms with Gasteiger partial charge in [-0.25, -0.2) is 9.97 Å². The number of nitrogens with two attached hydrogens (primary N) is 1. The van der Waals surface area contributed by atoms with Gasteiger partial charge in [0.25, 0.3) is 17.4 Å². The Morgan fingerprint density at radius 3 is 2.76 bits per heavy atom. The van der Waals surface area contributed by atoms with Gasteiger partial charge in [-0.15, -0.1) is 0 Å². The van der Waals surface area contributed by atoms with Crippen molar-refractivity contribution in [1.82, 2.24) is 15.0 Å². The summed E-state index contributed by atoms with van der Waals surface area (Å²) in [5, 5.41) is 3.34. The van der Waals surface area contributed by atoms with Crippen LogP contribution in [0.4, 0.5) is 17.1 Å². The number of nitrogen functional groups attached to an aromatic ring is 1. The molecule has 0 saturated carbocycles. The van der Waals surface area contributed by atoms with Crippen LogP contribution in [-0.4, -0.2) is 33.3 Å². The van der Waals surface area contributed by atoms with Gasteiger partial charge in [-0.05, 0) is 48.9 Å². The number of benzene rings is 2. The maximum absolute atomic E-state index is 13.3. The largest absolute Gasteiger partial charge is 0.399 e. The number of pyridine rings is 1. The minimum absolute atomic E-state index is 0.137. The zero-order chi connectivity index (χ0) is 24.2. The van der Waals surface area contributed by atoms with Gasteiger partial charge < -0.3 is 20.9 Å². The van der Waals surface area contributed by atoms with Crippen molar-refractivity contribution in [3.63, 3.8) is 0 Å². The Labute approximate surface area is 199 Å². The number of fused-ring (bicyclic) bond motifs is 1. The van der Waals surface area contributed by atoms with Gasteiger partial charge in [0.05, 0.1) is 10.7 Å². The topological polar surface area (TPSA) is 134 Å². The van der Waals surface area contributed by atoms with Crippen LogP contribution >= 0.6 is 11.6 Å². The first-order valence-corrected chi connectivity index (χ1v) is 10.9. The molecule has 172 valence electrons. The summed E-state index contributed by atoms with van der Waals surface area (Å²) < 4.78 is 0. The molecule has 2 heterocycles. The van der Waals surface area contributed by atoms with Crippen LogP contribution in [0.25, 0.3) is 11.0 Å². The van der Waals surface area contributed by atoms with Crippen molar-refractivity contribution in [2.24, 2.45) is 0 Å². The Morgan fingerprint density at radius 2 is 2.00 bits per heavy atom. The van der Waals surface area contributed by atoms with Crippen LogP contribution < -0.4 is 21.5 Å². The third-order valence-electron chi connectivity index (χ3n) is 5.10. The molecule has 4 N–H and O–H groups in total. The second-order valence-corrected chi connectivity index (χ2v) is 7.95. The Kier molecular flexibility index (Phi) is 6.55. The molecule has 0 bridgehead atoms. The highest BCUT2D eigenvalue weighted by atomic mass is 35.5. The fourth-order valence-electron chi connectivity index (χ4n) is 3.48. The van der Waals surface area contributed by atoms with Gasteiger partial charge in [-0.1, -0.05) is 24.6 Å². The quantitative estimate of drug-likeness (QED) is 0.362. The van der Waals surface area contributed by atoms with E-state index in [0.29, 0.717) is 34.5 Å². The van der Waals surface area contributed by atoms with Gasteiger partial charge >= 0.3 is 0 Å². The molecule has 0 radical (unpaired) electrons. The lowest BCUT2D eigenvalue weighted by Gasteiger charge is -2.23. The van der Waals surface area contributed by atoms with Crippen LogP contribution in [0.3, 0.4) is 0 Å². The van der Waals surface area contributed by atoms with Crippen molar-refractivity contribution >= 4 is 51.5 Å². The molecule has 9 nitrogen and oxygen atoms in total. The van der Waals surface area contributed by atoms with Crippen molar-refractivity contribution < 1.29 is 9.59 Å². The van der Waals surface area contributed by atoms with Crippen molar-refractivity contribution in [1.29, 1.82) is 0 Å². The Hall–Kier alpha value is -4.24. The van der Waals surface area contributed by atoms with Crippen LogP contribution in [0.2, 0.25) is 5.02 Å². The lowest BCUT2D eigenvalue weighted by Crippen LogP contribution is -2.32. The molecular weight excluding hydrogens is 456 g/mol. The molecule has 10 heteroatoms. The molecule has 0 saturated heterocycles. The SMILES string of the molecule is CCCN(C(=O)c1ccc(Cl)c(NC(=O)c2cc3cncnc3[nH]c2=O)c1)c1cccc(N)c1. The molecule has 2 aromatic heterocycles. The fourth-order valence-corrected chi connectivity index (χ4v) is 3.64. The second kappa shape index (κ2) is 9.72. The maximum Gasteiger partial charge on any atom is 0.262 e. The van der Waals surface area contributed by atoms with Crippen LogP contribution in [-0.2, 0) is 0 Å². The Balaban J connectivity index is 1.64. The van der Waals surface area contributed by atoms with E-state index in [-0.39, 0.29) is 22.2 Å². The van der Waals surface area contributed by atoms with Crippen LogP contribution in [0.15, 0.2) is 65.8 Å². The monoisotopic (exact) mass is 476 g/mol. The molecular formula is C24H21ClN6O3. The van der Waals surface area contributed by atoms with E-state index in [1.807, 2.05) is 6.92 Å². The average Bonchev–Trinajstić information content (AvgIpc) is 2.83. The van der Waals surface area contributed by atoms with E-state index in [2.05, 4.69) is 20.3 Å². The minimum Gasteiger partial charge on any atom is -0.399 e. The summed E-state index contributed by atoms with van der Waals surface area (Å²) in [5.41, 5.74) is 7.19. The molecule has 0 atom stereocenters. The van der Waals surface area contributed by atoms with E-state index in [4.69, 9.17) is 17.3 Å². The number of aromatic amines is 1. The van der Waals surface area contributed by atoms with Crippen molar-refractivity contribution in [3.8, 4) is 0 Å². The molecule has 0 fully saturated rings. The number of H-pyrrole nitrogens is 1. The number of hydrogen-bond donors (Lipinski definition) is 3. The molecule has 0 aliphatic heterocycles. The summed E-state index contributed by atoms with van der Waals surface area (Å²) in [6.07, 6.45) is 3.51. The molecule has 0 aliphatic carbocycles. The highest BCUT2D eigenvalue weighted by Crippen LogP contribution is 2.26. The number of nitrogens with one attached hydrogen (secondary N) is 2. The van der Waals surface area contributed by atoms with Crippen LogP contribution in [0.5, 0.6) is 0 Å². The minimum atomic E-state index is -0.681. The Bertz CT molecular complexity index is 1450. The van der Waals surface area contributed by atoms with E-state index < -0.39 is 11.5 Å². The lowest BCUT2D eigenvalue weighted by atomic mass is 10.1. The summed E-state index contributed by atoms with van der Waals surface area (Å²) in [6, 6.07) is 13.0. The number of carbonyl (C=O) groups excluding carboxylic acids is 2. The Morgan fingerprint density at radius 1 is 1.18 bits per heavy atom.